The third-order valence-corrected chi connectivity index (χ3v) is 8.81. The van der Waals surface area contributed by atoms with Crippen molar-refractivity contribution in [1.29, 1.82) is 0 Å². The first-order valence-electron chi connectivity index (χ1n) is 11.8. The number of aromatic nitrogens is 1. The van der Waals surface area contributed by atoms with E-state index in [0.717, 1.165) is 32.5 Å². The monoisotopic (exact) mass is 602 g/mol. The summed E-state index contributed by atoms with van der Waals surface area (Å²) in [5, 5.41) is 5.50. The van der Waals surface area contributed by atoms with Gasteiger partial charge in [0.25, 0.3) is 15.9 Å². The largest absolute Gasteiger partial charge is 0.316 e. The highest BCUT2D eigenvalue weighted by Gasteiger charge is 2.27. The number of amides is 1. The lowest BCUT2D eigenvalue weighted by atomic mass is 10.2. The van der Waals surface area contributed by atoms with Crippen molar-refractivity contribution in [3.63, 3.8) is 0 Å². The molecule has 1 N–H and O–H groups in total. The van der Waals surface area contributed by atoms with E-state index in [1.165, 1.54) is 24.4 Å². The van der Waals surface area contributed by atoms with Crippen LogP contribution in [0.5, 0.6) is 0 Å². The number of hydrazone groups is 1. The summed E-state index contributed by atoms with van der Waals surface area (Å²) < 4.78 is 29.9. The molecule has 1 heterocycles. The van der Waals surface area contributed by atoms with Crippen LogP contribution in [0.4, 0.5) is 5.69 Å². The van der Waals surface area contributed by atoms with E-state index in [2.05, 4.69) is 10.5 Å². The molecule has 0 saturated heterocycles. The topological polar surface area (TPSA) is 83.8 Å². The second-order valence-corrected chi connectivity index (χ2v) is 11.9. The molecule has 0 bridgehead atoms. The normalized spacial score (nSPS) is 11.6. The first kappa shape index (κ1) is 28.7. The van der Waals surface area contributed by atoms with Gasteiger partial charge in [-0.1, -0.05) is 59.1 Å². The molecule has 0 aliphatic rings. The first-order valence-corrected chi connectivity index (χ1v) is 14.4. The van der Waals surface area contributed by atoms with Crippen molar-refractivity contribution in [3.8, 4) is 5.69 Å². The Labute approximate surface area is 242 Å². The zero-order valence-corrected chi connectivity index (χ0v) is 24.4. The summed E-state index contributed by atoms with van der Waals surface area (Å²) in [5.41, 5.74) is 6.74. The minimum atomic E-state index is -4.07. The third-order valence-electron chi connectivity index (χ3n) is 6.08. The second kappa shape index (κ2) is 11.8. The molecule has 4 rings (SSSR count). The molecule has 1 aromatic heterocycles. The smallest absolute Gasteiger partial charge is 0.264 e. The predicted molar refractivity (Wildman–Crippen MR) is 158 cm³/mol. The molecule has 3 aromatic carbocycles. The van der Waals surface area contributed by atoms with Crippen molar-refractivity contribution in [2.75, 3.05) is 10.8 Å². The quantitative estimate of drug-likeness (QED) is 0.180. The molecule has 0 spiro atoms. The van der Waals surface area contributed by atoms with Gasteiger partial charge in [0.2, 0.25) is 0 Å². The summed E-state index contributed by atoms with van der Waals surface area (Å²) in [6, 6.07) is 19.9. The molecule has 1 amide bonds. The molecule has 39 heavy (non-hydrogen) atoms. The fraction of sp³-hybridized carbons (Fsp3) is 0.143. The third kappa shape index (κ3) is 6.31. The number of rotatable bonds is 8. The Morgan fingerprint density at radius 2 is 1.67 bits per heavy atom. The lowest BCUT2D eigenvalue weighted by Crippen LogP contribution is -2.39. The maximum Gasteiger partial charge on any atom is 0.264 e. The standard InChI is InChI=1S/C28H25Cl3N4O3S/c1-18-9-11-23(15-25(18)30)34(39(37,38)24-7-5-4-6-8-24)17-28(36)33-32-16-21-13-19(2)35(20(21)3)27-12-10-22(29)14-26(27)31/h4-16H,17H2,1-3H3,(H,33,36)/b32-16+. The predicted octanol–water partition coefficient (Wildman–Crippen LogP) is 6.71. The Balaban J connectivity index is 1.57. The minimum Gasteiger partial charge on any atom is -0.316 e. The summed E-state index contributed by atoms with van der Waals surface area (Å²) in [5.74, 6) is -0.628. The van der Waals surface area contributed by atoms with Gasteiger partial charge in [-0.2, -0.15) is 5.10 Å². The van der Waals surface area contributed by atoms with Gasteiger partial charge in [-0.15, -0.1) is 0 Å². The van der Waals surface area contributed by atoms with E-state index >= 15 is 0 Å². The van der Waals surface area contributed by atoms with Gasteiger partial charge in [-0.3, -0.25) is 9.10 Å². The number of halogens is 3. The molecule has 0 radical (unpaired) electrons. The van der Waals surface area contributed by atoms with Crippen molar-refractivity contribution in [1.82, 2.24) is 9.99 Å². The Morgan fingerprint density at radius 3 is 2.33 bits per heavy atom. The summed E-state index contributed by atoms with van der Waals surface area (Å²) in [4.78, 5) is 13.0. The Bertz CT molecular complexity index is 1670. The van der Waals surface area contributed by atoms with E-state index in [-0.39, 0.29) is 10.6 Å². The number of anilines is 1. The van der Waals surface area contributed by atoms with E-state index in [0.29, 0.717) is 15.1 Å². The van der Waals surface area contributed by atoms with E-state index in [9.17, 15) is 13.2 Å². The fourth-order valence-electron chi connectivity index (χ4n) is 4.06. The number of hydrogen-bond donors (Lipinski definition) is 1. The van der Waals surface area contributed by atoms with Crippen LogP contribution in [0.1, 0.15) is 22.5 Å². The van der Waals surface area contributed by atoms with Crippen LogP contribution in [0.25, 0.3) is 5.69 Å². The molecule has 202 valence electrons. The Morgan fingerprint density at radius 1 is 0.949 bits per heavy atom. The first-order chi connectivity index (χ1) is 18.5. The summed E-state index contributed by atoms with van der Waals surface area (Å²) in [7, 11) is -4.07. The number of carbonyl (C=O) groups excluding carboxylic acids is 1. The number of aryl methyl sites for hydroxylation is 2. The van der Waals surface area contributed by atoms with Crippen LogP contribution >= 0.6 is 34.8 Å². The maximum absolute atomic E-state index is 13.5. The number of benzene rings is 3. The molecule has 0 atom stereocenters. The van der Waals surface area contributed by atoms with Gasteiger partial charge in [-0.05, 0) is 74.9 Å². The van der Waals surface area contributed by atoms with Crippen LogP contribution in [0.3, 0.4) is 0 Å². The van der Waals surface area contributed by atoms with E-state index < -0.39 is 22.5 Å². The van der Waals surface area contributed by atoms with Crippen molar-refractivity contribution >= 4 is 62.6 Å². The second-order valence-electron chi connectivity index (χ2n) is 8.81. The number of sulfonamides is 1. The number of carbonyl (C=O) groups is 1. The maximum atomic E-state index is 13.5. The van der Waals surface area contributed by atoms with Gasteiger partial charge in [0.15, 0.2) is 0 Å². The van der Waals surface area contributed by atoms with E-state index in [4.69, 9.17) is 34.8 Å². The molecule has 0 fully saturated rings. The highest BCUT2D eigenvalue weighted by atomic mass is 35.5. The summed E-state index contributed by atoms with van der Waals surface area (Å²) in [6.07, 6.45) is 1.50. The van der Waals surface area contributed by atoms with Gasteiger partial charge in [0, 0.05) is 27.0 Å². The molecule has 0 aliphatic carbocycles. The Kier molecular flexibility index (Phi) is 8.71. The van der Waals surface area contributed by atoms with E-state index in [1.807, 2.05) is 30.5 Å². The van der Waals surface area contributed by atoms with Crippen molar-refractivity contribution in [2.24, 2.45) is 5.10 Å². The number of hydrogen-bond acceptors (Lipinski definition) is 4. The van der Waals surface area contributed by atoms with E-state index in [1.54, 1.807) is 49.4 Å². The lowest BCUT2D eigenvalue weighted by Gasteiger charge is -2.24. The van der Waals surface area contributed by atoms with Gasteiger partial charge >= 0.3 is 0 Å². The zero-order chi connectivity index (χ0) is 28.3. The lowest BCUT2D eigenvalue weighted by molar-refractivity contribution is -0.119. The van der Waals surface area contributed by atoms with Gasteiger partial charge in [0.05, 0.1) is 27.5 Å². The van der Waals surface area contributed by atoms with Crippen LogP contribution in [-0.2, 0) is 14.8 Å². The summed E-state index contributed by atoms with van der Waals surface area (Å²) >= 11 is 18.7. The Hall–Kier alpha value is -3.30. The van der Waals surface area contributed by atoms with Crippen molar-refractivity contribution < 1.29 is 13.2 Å². The minimum absolute atomic E-state index is 0.0475. The van der Waals surface area contributed by atoms with Crippen molar-refractivity contribution in [2.45, 2.75) is 25.7 Å². The molecular weight excluding hydrogens is 579 g/mol. The highest BCUT2D eigenvalue weighted by Crippen LogP contribution is 2.29. The average Bonchev–Trinajstić information content (AvgIpc) is 3.17. The molecule has 11 heteroatoms. The SMILES string of the molecule is Cc1ccc(N(CC(=O)N/N=C/c2cc(C)n(-c3ccc(Cl)cc3Cl)c2C)S(=O)(=O)c2ccccc2)cc1Cl. The summed E-state index contributed by atoms with van der Waals surface area (Å²) in [6.45, 7) is 5.12. The number of nitrogens with zero attached hydrogens (tertiary/aromatic N) is 3. The molecular formula is C28H25Cl3N4O3S. The average molecular weight is 604 g/mol. The molecule has 0 saturated carbocycles. The zero-order valence-electron chi connectivity index (χ0n) is 21.3. The fourth-order valence-corrected chi connectivity index (χ4v) is 6.16. The van der Waals surface area contributed by atoms with Crippen LogP contribution in [0, 0.1) is 20.8 Å². The van der Waals surface area contributed by atoms with Gasteiger partial charge < -0.3 is 4.57 Å². The molecule has 4 aromatic rings. The van der Waals surface area contributed by atoms with Crippen LogP contribution in [0.2, 0.25) is 15.1 Å². The van der Waals surface area contributed by atoms with Gasteiger partial charge in [0.1, 0.15) is 6.54 Å². The highest BCUT2D eigenvalue weighted by molar-refractivity contribution is 7.92. The molecule has 0 unspecified atom stereocenters. The molecule has 7 nitrogen and oxygen atoms in total. The molecule has 0 aliphatic heterocycles. The van der Waals surface area contributed by atoms with Crippen LogP contribution in [0.15, 0.2) is 82.8 Å². The van der Waals surface area contributed by atoms with Crippen LogP contribution in [-0.4, -0.2) is 31.7 Å². The van der Waals surface area contributed by atoms with Crippen molar-refractivity contribution in [3.05, 3.63) is 110 Å². The number of nitrogens with one attached hydrogen (secondary N) is 1. The van der Waals surface area contributed by atoms with Crippen LogP contribution < -0.4 is 9.73 Å². The van der Waals surface area contributed by atoms with Gasteiger partial charge in [-0.25, -0.2) is 13.8 Å².